The molecule has 1 atom stereocenters. The average Bonchev–Trinajstić information content (AvgIpc) is 2.63. The lowest BCUT2D eigenvalue weighted by Crippen LogP contribution is -2.40. The number of nitrogens with zero attached hydrogens (tertiary/aromatic N) is 6. The molecule has 4 rings (SSSR count). The molecule has 1 aliphatic heterocycles. The van der Waals surface area contributed by atoms with E-state index in [2.05, 4.69) is 24.8 Å². The number of piperidine rings is 1. The van der Waals surface area contributed by atoms with Gasteiger partial charge in [0.15, 0.2) is 5.65 Å². The van der Waals surface area contributed by atoms with Gasteiger partial charge >= 0.3 is 0 Å². The summed E-state index contributed by atoms with van der Waals surface area (Å²) in [7, 11) is 0. The van der Waals surface area contributed by atoms with E-state index in [0.29, 0.717) is 11.0 Å². The van der Waals surface area contributed by atoms with Crippen LogP contribution in [0.5, 0.6) is 0 Å². The molecule has 3 aromatic rings. The first-order valence-electron chi connectivity index (χ1n) is 7.66. The minimum atomic E-state index is -0.0332. The van der Waals surface area contributed by atoms with Crippen molar-refractivity contribution >= 4 is 16.9 Å². The summed E-state index contributed by atoms with van der Waals surface area (Å²) in [6, 6.07) is 3.62. The average molecular weight is 308 g/mol. The van der Waals surface area contributed by atoms with Crippen LogP contribution < -0.4 is 10.5 Å². The highest BCUT2D eigenvalue weighted by molar-refractivity contribution is 5.72. The second-order valence-corrected chi connectivity index (χ2v) is 5.64. The van der Waals surface area contributed by atoms with E-state index in [9.17, 15) is 4.79 Å². The highest BCUT2D eigenvalue weighted by Crippen LogP contribution is 2.23. The lowest BCUT2D eigenvalue weighted by molar-refractivity contribution is 0.393. The van der Waals surface area contributed by atoms with Crippen LogP contribution in [0.3, 0.4) is 0 Å². The molecule has 0 saturated carbocycles. The molecule has 1 saturated heterocycles. The van der Waals surface area contributed by atoms with E-state index in [0.717, 1.165) is 31.7 Å². The molecule has 116 valence electrons. The van der Waals surface area contributed by atoms with Crippen LogP contribution >= 0.6 is 0 Å². The Balaban J connectivity index is 1.68. The van der Waals surface area contributed by atoms with Gasteiger partial charge in [-0.1, -0.05) is 0 Å². The number of hydrogen-bond acceptors (Lipinski definition) is 6. The standard InChI is InChI=1S/C16H16N6O/c23-16-13-4-1-5-19-15(13)20-11-22(16)12-3-2-8-21(10-12)14-9-17-6-7-18-14/h1,4-7,9,11-12H,2-3,8,10H2. The highest BCUT2D eigenvalue weighted by Gasteiger charge is 2.23. The minimum Gasteiger partial charge on any atom is -0.353 e. The van der Waals surface area contributed by atoms with E-state index in [1.165, 1.54) is 0 Å². The summed E-state index contributed by atoms with van der Waals surface area (Å²) in [5.41, 5.74) is 0.462. The molecule has 4 heterocycles. The summed E-state index contributed by atoms with van der Waals surface area (Å²) in [5, 5.41) is 0.562. The first-order valence-corrected chi connectivity index (χ1v) is 7.66. The normalized spacial score (nSPS) is 18.3. The molecule has 0 aromatic carbocycles. The van der Waals surface area contributed by atoms with E-state index in [1.807, 2.05) is 0 Å². The lowest BCUT2D eigenvalue weighted by atomic mass is 10.1. The predicted octanol–water partition coefficient (Wildman–Crippen LogP) is 1.42. The van der Waals surface area contributed by atoms with Crippen molar-refractivity contribution in [3.8, 4) is 0 Å². The van der Waals surface area contributed by atoms with Crippen molar-refractivity contribution < 1.29 is 0 Å². The largest absolute Gasteiger partial charge is 0.353 e. The van der Waals surface area contributed by atoms with Gasteiger partial charge in [-0.2, -0.15) is 0 Å². The van der Waals surface area contributed by atoms with Crippen molar-refractivity contribution in [2.45, 2.75) is 18.9 Å². The summed E-state index contributed by atoms with van der Waals surface area (Å²) >= 11 is 0. The fourth-order valence-electron chi connectivity index (χ4n) is 3.08. The fourth-order valence-corrected chi connectivity index (χ4v) is 3.08. The number of aromatic nitrogens is 5. The van der Waals surface area contributed by atoms with Crippen molar-refractivity contribution in [1.82, 2.24) is 24.5 Å². The number of rotatable bonds is 2. The van der Waals surface area contributed by atoms with Gasteiger partial charge in [-0.05, 0) is 25.0 Å². The third-order valence-corrected chi connectivity index (χ3v) is 4.22. The van der Waals surface area contributed by atoms with Crippen molar-refractivity contribution in [3.63, 3.8) is 0 Å². The maximum absolute atomic E-state index is 12.7. The maximum atomic E-state index is 12.7. The van der Waals surface area contributed by atoms with Crippen molar-refractivity contribution in [2.75, 3.05) is 18.0 Å². The topological polar surface area (TPSA) is 76.8 Å². The molecule has 1 fully saturated rings. The zero-order valence-corrected chi connectivity index (χ0v) is 12.5. The summed E-state index contributed by atoms with van der Waals surface area (Å²) in [6.07, 6.45) is 10.3. The quantitative estimate of drug-likeness (QED) is 0.712. The van der Waals surface area contributed by atoms with Crippen LogP contribution in [0.1, 0.15) is 18.9 Å². The smallest absolute Gasteiger partial charge is 0.263 e. The monoisotopic (exact) mass is 308 g/mol. The Kier molecular flexibility index (Phi) is 3.45. The SMILES string of the molecule is O=c1c2cccnc2ncn1C1CCCN(c2cnccn2)C1. The molecule has 23 heavy (non-hydrogen) atoms. The minimum absolute atomic E-state index is 0.0332. The first kappa shape index (κ1) is 13.8. The summed E-state index contributed by atoms with van der Waals surface area (Å²) < 4.78 is 1.73. The van der Waals surface area contributed by atoms with Crippen molar-refractivity contribution in [1.29, 1.82) is 0 Å². The van der Waals surface area contributed by atoms with Gasteiger partial charge in [-0.3, -0.25) is 14.3 Å². The van der Waals surface area contributed by atoms with Gasteiger partial charge in [0.05, 0.1) is 17.6 Å². The zero-order valence-electron chi connectivity index (χ0n) is 12.5. The van der Waals surface area contributed by atoms with E-state index in [4.69, 9.17) is 0 Å². The second kappa shape index (κ2) is 5.75. The van der Waals surface area contributed by atoms with Crippen molar-refractivity contribution in [3.05, 3.63) is 53.6 Å². The lowest BCUT2D eigenvalue weighted by Gasteiger charge is -2.34. The number of fused-ring (bicyclic) bond motifs is 1. The molecule has 7 heteroatoms. The van der Waals surface area contributed by atoms with Crippen molar-refractivity contribution in [2.24, 2.45) is 0 Å². The summed E-state index contributed by atoms with van der Waals surface area (Å²) in [5.74, 6) is 0.848. The molecular formula is C16H16N6O. The van der Waals surface area contributed by atoms with Crippen LogP contribution in [0.15, 0.2) is 48.0 Å². The van der Waals surface area contributed by atoms with E-state index >= 15 is 0 Å². The number of pyridine rings is 1. The van der Waals surface area contributed by atoms with E-state index in [1.54, 1.807) is 47.8 Å². The molecule has 3 aromatic heterocycles. The van der Waals surface area contributed by atoms with Crippen LogP contribution in [-0.2, 0) is 0 Å². The van der Waals surface area contributed by atoms with Gasteiger partial charge in [-0.15, -0.1) is 0 Å². The molecule has 7 nitrogen and oxygen atoms in total. The Morgan fingerprint density at radius 2 is 2.09 bits per heavy atom. The second-order valence-electron chi connectivity index (χ2n) is 5.64. The first-order chi connectivity index (χ1) is 11.3. The van der Waals surface area contributed by atoms with Crippen LogP contribution in [0.2, 0.25) is 0 Å². The summed E-state index contributed by atoms with van der Waals surface area (Å²) in [4.78, 5) is 31.8. The van der Waals surface area contributed by atoms with Gasteiger partial charge < -0.3 is 4.90 Å². The molecule has 0 aliphatic carbocycles. The number of anilines is 1. The molecule has 0 bridgehead atoms. The molecule has 0 spiro atoms. The number of hydrogen-bond donors (Lipinski definition) is 0. The van der Waals surface area contributed by atoms with E-state index < -0.39 is 0 Å². The molecule has 1 aliphatic rings. The summed E-state index contributed by atoms with van der Waals surface area (Å²) in [6.45, 7) is 1.65. The Labute approximate surface area is 132 Å². The molecular weight excluding hydrogens is 292 g/mol. The molecule has 0 N–H and O–H groups in total. The van der Waals surface area contributed by atoms with Gasteiger partial charge in [0, 0.05) is 31.7 Å². The van der Waals surface area contributed by atoms with Gasteiger partial charge in [0.1, 0.15) is 12.1 Å². The Morgan fingerprint density at radius 1 is 1.13 bits per heavy atom. The fraction of sp³-hybridized carbons (Fsp3) is 0.312. The van der Waals surface area contributed by atoms with Gasteiger partial charge in [0.2, 0.25) is 0 Å². The Hall–Kier alpha value is -2.83. The Bertz CT molecular complexity index is 878. The Morgan fingerprint density at radius 3 is 2.96 bits per heavy atom. The third-order valence-electron chi connectivity index (χ3n) is 4.22. The highest BCUT2D eigenvalue weighted by atomic mass is 16.1. The molecule has 0 amide bonds. The van der Waals surface area contributed by atoms with Gasteiger partial charge in [-0.25, -0.2) is 15.0 Å². The van der Waals surface area contributed by atoms with Gasteiger partial charge in [0.25, 0.3) is 5.56 Å². The van der Waals surface area contributed by atoms with Crippen LogP contribution in [0.4, 0.5) is 5.82 Å². The maximum Gasteiger partial charge on any atom is 0.263 e. The molecule has 0 radical (unpaired) electrons. The third kappa shape index (κ3) is 2.54. The van der Waals surface area contributed by atoms with Crippen LogP contribution in [0, 0.1) is 0 Å². The van der Waals surface area contributed by atoms with Crippen LogP contribution in [-0.4, -0.2) is 37.6 Å². The zero-order chi connectivity index (χ0) is 15.6. The predicted molar refractivity (Wildman–Crippen MR) is 86.3 cm³/mol. The van der Waals surface area contributed by atoms with E-state index in [-0.39, 0.29) is 11.6 Å². The molecule has 1 unspecified atom stereocenters. The van der Waals surface area contributed by atoms with Crippen LogP contribution in [0.25, 0.3) is 11.0 Å².